The number of hydrogen-bond acceptors (Lipinski definition) is 4. The Kier molecular flexibility index (Phi) is 7.11. The molecular formula is C14H26ClN5O. The van der Waals surface area contributed by atoms with E-state index >= 15 is 0 Å². The Balaban J connectivity index is 0.00000220. The lowest BCUT2D eigenvalue weighted by Crippen LogP contribution is -2.27. The maximum absolute atomic E-state index is 12.1. The number of anilines is 1. The summed E-state index contributed by atoms with van der Waals surface area (Å²) in [5.74, 6) is 1.92. The molecule has 6 nitrogen and oxygen atoms in total. The molecule has 0 aliphatic carbocycles. The Hall–Kier alpha value is -1.14. The summed E-state index contributed by atoms with van der Waals surface area (Å²) in [5.41, 5.74) is 0. The zero-order chi connectivity index (χ0) is 14.5. The van der Waals surface area contributed by atoms with Crippen molar-refractivity contribution in [1.29, 1.82) is 0 Å². The van der Waals surface area contributed by atoms with Gasteiger partial charge < -0.3 is 5.32 Å². The van der Waals surface area contributed by atoms with Gasteiger partial charge in [-0.2, -0.15) is 10.1 Å². The number of amides is 1. The lowest BCUT2D eigenvalue weighted by Gasteiger charge is -2.19. The van der Waals surface area contributed by atoms with Gasteiger partial charge in [0.1, 0.15) is 0 Å². The first-order chi connectivity index (χ1) is 9.65. The van der Waals surface area contributed by atoms with E-state index in [4.69, 9.17) is 0 Å². The zero-order valence-electron chi connectivity index (χ0n) is 13.1. The van der Waals surface area contributed by atoms with Crippen LogP contribution in [0.25, 0.3) is 0 Å². The Morgan fingerprint density at radius 2 is 2.00 bits per heavy atom. The van der Waals surface area contributed by atoms with Crippen LogP contribution >= 0.6 is 12.4 Å². The Bertz CT molecular complexity index is 452. The standard InChI is InChI=1S/C14H25N5O.ClH/c1-4-10(5-2)13(20)17-14-16-12(18-19(14)3)11-6-8-15-9-7-11;/h10-11,15H,4-9H2,1-3H3,(H,16,17,18,20);1H. The fourth-order valence-electron chi connectivity index (χ4n) is 2.64. The second-order valence-electron chi connectivity index (χ2n) is 5.44. The number of aromatic nitrogens is 3. The highest BCUT2D eigenvalue weighted by Gasteiger charge is 2.22. The maximum atomic E-state index is 12.1. The summed E-state index contributed by atoms with van der Waals surface area (Å²) in [6.07, 6.45) is 3.82. The molecular weight excluding hydrogens is 290 g/mol. The molecule has 0 bridgehead atoms. The molecule has 2 heterocycles. The van der Waals surface area contributed by atoms with Crippen molar-refractivity contribution in [3.8, 4) is 0 Å². The van der Waals surface area contributed by atoms with E-state index in [0.717, 1.165) is 44.6 Å². The summed E-state index contributed by atoms with van der Waals surface area (Å²) >= 11 is 0. The molecule has 1 aliphatic rings. The number of carbonyl (C=O) groups is 1. The topological polar surface area (TPSA) is 71.8 Å². The molecule has 21 heavy (non-hydrogen) atoms. The number of aryl methyl sites for hydroxylation is 1. The van der Waals surface area contributed by atoms with Crippen molar-refractivity contribution in [1.82, 2.24) is 20.1 Å². The summed E-state index contributed by atoms with van der Waals surface area (Å²) < 4.78 is 1.68. The van der Waals surface area contributed by atoms with Crippen molar-refractivity contribution >= 4 is 24.3 Å². The molecule has 0 aromatic carbocycles. The molecule has 1 amide bonds. The van der Waals surface area contributed by atoms with Gasteiger partial charge in [0.05, 0.1) is 0 Å². The molecule has 2 N–H and O–H groups in total. The van der Waals surface area contributed by atoms with E-state index in [1.807, 2.05) is 20.9 Å². The third-order valence-corrected chi connectivity index (χ3v) is 4.08. The highest BCUT2D eigenvalue weighted by atomic mass is 35.5. The minimum atomic E-state index is 0. The largest absolute Gasteiger partial charge is 0.317 e. The Morgan fingerprint density at radius 1 is 1.38 bits per heavy atom. The molecule has 7 heteroatoms. The number of rotatable bonds is 5. The molecule has 0 unspecified atom stereocenters. The van der Waals surface area contributed by atoms with E-state index < -0.39 is 0 Å². The predicted octanol–water partition coefficient (Wildman–Crippen LogP) is 2.08. The minimum absolute atomic E-state index is 0. The van der Waals surface area contributed by atoms with Gasteiger partial charge in [0, 0.05) is 18.9 Å². The van der Waals surface area contributed by atoms with Crippen molar-refractivity contribution in [2.45, 2.75) is 45.4 Å². The number of nitrogens with zero attached hydrogens (tertiary/aromatic N) is 3. The molecule has 0 radical (unpaired) electrons. The van der Waals surface area contributed by atoms with Gasteiger partial charge in [0.25, 0.3) is 0 Å². The molecule has 1 aliphatic heterocycles. The van der Waals surface area contributed by atoms with Crippen LogP contribution in [-0.4, -0.2) is 33.8 Å². The average Bonchev–Trinajstić information content (AvgIpc) is 2.82. The van der Waals surface area contributed by atoms with Crippen LogP contribution in [0.4, 0.5) is 5.95 Å². The molecule has 1 fully saturated rings. The number of halogens is 1. The van der Waals surface area contributed by atoms with Gasteiger partial charge in [0.15, 0.2) is 5.82 Å². The predicted molar refractivity (Wildman–Crippen MR) is 85.8 cm³/mol. The molecule has 0 spiro atoms. The van der Waals surface area contributed by atoms with Crippen LogP contribution in [0.5, 0.6) is 0 Å². The number of hydrogen-bond donors (Lipinski definition) is 2. The lowest BCUT2D eigenvalue weighted by atomic mass is 9.98. The molecule has 1 saturated heterocycles. The van der Waals surface area contributed by atoms with Gasteiger partial charge in [-0.25, -0.2) is 4.68 Å². The van der Waals surface area contributed by atoms with Gasteiger partial charge in [-0.05, 0) is 38.8 Å². The van der Waals surface area contributed by atoms with E-state index in [1.54, 1.807) is 4.68 Å². The van der Waals surface area contributed by atoms with Gasteiger partial charge in [0.2, 0.25) is 11.9 Å². The second-order valence-corrected chi connectivity index (χ2v) is 5.44. The van der Waals surface area contributed by atoms with Crippen LogP contribution in [-0.2, 0) is 11.8 Å². The maximum Gasteiger partial charge on any atom is 0.229 e. The first-order valence-electron chi connectivity index (χ1n) is 7.58. The fraction of sp³-hybridized carbons (Fsp3) is 0.786. The summed E-state index contributed by atoms with van der Waals surface area (Å²) in [5, 5.41) is 10.7. The van der Waals surface area contributed by atoms with E-state index in [1.165, 1.54) is 0 Å². The van der Waals surface area contributed by atoms with Gasteiger partial charge in [-0.1, -0.05) is 13.8 Å². The van der Waals surface area contributed by atoms with Crippen molar-refractivity contribution in [3.05, 3.63) is 5.82 Å². The van der Waals surface area contributed by atoms with E-state index in [0.29, 0.717) is 11.9 Å². The Labute approximate surface area is 132 Å². The van der Waals surface area contributed by atoms with Gasteiger partial charge in [-0.3, -0.25) is 10.1 Å². The molecule has 2 rings (SSSR count). The number of nitrogens with one attached hydrogen (secondary N) is 2. The molecule has 0 saturated carbocycles. The van der Waals surface area contributed by atoms with Crippen LogP contribution in [0.3, 0.4) is 0 Å². The van der Waals surface area contributed by atoms with Crippen molar-refractivity contribution < 1.29 is 4.79 Å². The number of carbonyl (C=O) groups excluding carboxylic acids is 1. The summed E-state index contributed by atoms with van der Waals surface area (Å²) in [6, 6.07) is 0. The molecule has 1 aromatic rings. The third kappa shape index (κ3) is 4.41. The summed E-state index contributed by atoms with van der Waals surface area (Å²) in [7, 11) is 1.83. The van der Waals surface area contributed by atoms with Crippen molar-refractivity contribution in [2.75, 3.05) is 18.4 Å². The van der Waals surface area contributed by atoms with Gasteiger partial charge in [-0.15, -0.1) is 12.4 Å². The van der Waals surface area contributed by atoms with Crippen LogP contribution in [0.2, 0.25) is 0 Å². The smallest absolute Gasteiger partial charge is 0.229 e. The highest BCUT2D eigenvalue weighted by molar-refractivity contribution is 5.90. The molecule has 0 atom stereocenters. The molecule has 1 aromatic heterocycles. The Morgan fingerprint density at radius 3 is 2.57 bits per heavy atom. The van der Waals surface area contributed by atoms with Crippen LogP contribution in [0.15, 0.2) is 0 Å². The molecule has 120 valence electrons. The van der Waals surface area contributed by atoms with E-state index in [9.17, 15) is 4.79 Å². The quantitative estimate of drug-likeness (QED) is 0.872. The van der Waals surface area contributed by atoms with Crippen molar-refractivity contribution in [2.24, 2.45) is 13.0 Å². The SMILES string of the molecule is CCC(CC)C(=O)Nc1nc(C2CCNCC2)nn1C.Cl. The minimum Gasteiger partial charge on any atom is -0.317 e. The van der Waals surface area contributed by atoms with Crippen LogP contribution in [0, 0.1) is 5.92 Å². The first-order valence-corrected chi connectivity index (χ1v) is 7.58. The van der Waals surface area contributed by atoms with E-state index in [-0.39, 0.29) is 24.2 Å². The van der Waals surface area contributed by atoms with Crippen LogP contribution in [0.1, 0.15) is 51.3 Å². The number of piperidine rings is 1. The summed E-state index contributed by atoms with van der Waals surface area (Å²) in [6.45, 7) is 6.09. The summed E-state index contributed by atoms with van der Waals surface area (Å²) in [4.78, 5) is 16.6. The first kappa shape index (κ1) is 17.9. The zero-order valence-corrected chi connectivity index (χ0v) is 13.9. The lowest BCUT2D eigenvalue weighted by molar-refractivity contribution is -0.120. The van der Waals surface area contributed by atoms with Crippen LogP contribution < -0.4 is 10.6 Å². The van der Waals surface area contributed by atoms with Crippen molar-refractivity contribution in [3.63, 3.8) is 0 Å². The monoisotopic (exact) mass is 315 g/mol. The second kappa shape index (κ2) is 8.34. The highest BCUT2D eigenvalue weighted by Crippen LogP contribution is 2.23. The average molecular weight is 316 g/mol. The third-order valence-electron chi connectivity index (χ3n) is 4.08. The normalized spacial score (nSPS) is 15.8. The van der Waals surface area contributed by atoms with Gasteiger partial charge >= 0.3 is 0 Å². The van der Waals surface area contributed by atoms with E-state index in [2.05, 4.69) is 20.7 Å². The fourth-order valence-corrected chi connectivity index (χ4v) is 2.64.